The number of hydrogen-bond acceptors (Lipinski definition) is 7. The summed E-state index contributed by atoms with van der Waals surface area (Å²) in [6.45, 7) is 2.86. The fraction of sp³-hybridized carbons (Fsp3) is 0.276. The zero-order chi connectivity index (χ0) is 26.3. The van der Waals surface area contributed by atoms with Crippen LogP contribution in [0, 0.1) is 0 Å². The van der Waals surface area contributed by atoms with Crippen LogP contribution in [0.25, 0.3) is 33.6 Å². The summed E-state index contributed by atoms with van der Waals surface area (Å²) in [7, 11) is 3.26. The molecule has 38 heavy (non-hydrogen) atoms. The first-order valence-corrected chi connectivity index (χ1v) is 12.7. The van der Waals surface area contributed by atoms with Crippen molar-refractivity contribution < 1.29 is 9.47 Å². The maximum absolute atomic E-state index is 5.47. The molecule has 0 fully saturated rings. The SMILES string of the molecule is CCCCc1nc(C(OC)OC)cn1Cc1ccc(-c2ccccc2-c2nn[nH]n2)c(-c2cccnc2)c1. The van der Waals surface area contributed by atoms with Crippen LogP contribution in [0.1, 0.15) is 43.1 Å². The highest BCUT2D eigenvalue weighted by Gasteiger charge is 2.18. The summed E-state index contributed by atoms with van der Waals surface area (Å²) in [6, 6.07) is 18.7. The highest BCUT2D eigenvalue weighted by atomic mass is 16.7. The monoisotopic (exact) mass is 509 g/mol. The maximum atomic E-state index is 5.47. The summed E-state index contributed by atoms with van der Waals surface area (Å²) in [5.74, 6) is 1.58. The number of tetrazole rings is 1. The van der Waals surface area contributed by atoms with Crippen LogP contribution in [-0.4, -0.2) is 49.4 Å². The molecule has 0 aliphatic rings. The maximum Gasteiger partial charge on any atom is 0.205 e. The van der Waals surface area contributed by atoms with E-state index in [1.165, 1.54) is 0 Å². The van der Waals surface area contributed by atoms with Gasteiger partial charge in [0.25, 0.3) is 0 Å². The van der Waals surface area contributed by atoms with Crippen molar-refractivity contribution in [1.82, 2.24) is 35.2 Å². The van der Waals surface area contributed by atoms with E-state index in [0.29, 0.717) is 12.4 Å². The molecule has 0 aliphatic heterocycles. The second kappa shape index (κ2) is 11.9. The van der Waals surface area contributed by atoms with Gasteiger partial charge in [-0.05, 0) is 46.0 Å². The Balaban J connectivity index is 1.58. The molecule has 194 valence electrons. The van der Waals surface area contributed by atoms with Crippen molar-refractivity contribution in [1.29, 1.82) is 0 Å². The van der Waals surface area contributed by atoms with Crippen LogP contribution in [0.4, 0.5) is 0 Å². The number of aromatic amines is 1. The Bertz CT molecular complexity index is 1460. The van der Waals surface area contributed by atoms with Crippen molar-refractivity contribution in [3.63, 3.8) is 0 Å². The van der Waals surface area contributed by atoms with Crippen molar-refractivity contribution >= 4 is 0 Å². The molecule has 0 unspecified atom stereocenters. The third-order valence-corrected chi connectivity index (χ3v) is 6.51. The second-order valence-electron chi connectivity index (χ2n) is 9.02. The number of aromatic nitrogens is 7. The first-order valence-electron chi connectivity index (χ1n) is 12.7. The van der Waals surface area contributed by atoms with Crippen molar-refractivity contribution in [2.75, 3.05) is 14.2 Å². The molecule has 5 rings (SSSR count). The topological polar surface area (TPSA) is 104 Å². The van der Waals surface area contributed by atoms with Gasteiger partial charge in [-0.15, -0.1) is 10.2 Å². The normalized spacial score (nSPS) is 11.4. The van der Waals surface area contributed by atoms with Gasteiger partial charge in [0.1, 0.15) is 11.5 Å². The van der Waals surface area contributed by atoms with Gasteiger partial charge in [-0.25, -0.2) is 4.98 Å². The van der Waals surface area contributed by atoms with Gasteiger partial charge in [0.15, 0.2) is 0 Å². The van der Waals surface area contributed by atoms with Gasteiger partial charge >= 0.3 is 0 Å². The van der Waals surface area contributed by atoms with Crippen molar-refractivity contribution in [3.05, 3.63) is 90.3 Å². The van der Waals surface area contributed by atoms with Crippen LogP contribution in [0.5, 0.6) is 0 Å². The molecule has 0 radical (unpaired) electrons. The second-order valence-corrected chi connectivity index (χ2v) is 9.02. The molecular weight excluding hydrogens is 478 g/mol. The Morgan fingerprint density at radius 1 is 0.947 bits per heavy atom. The van der Waals surface area contributed by atoms with Gasteiger partial charge in [-0.2, -0.15) is 5.21 Å². The summed E-state index contributed by atoms with van der Waals surface area (Å²) in [6.07, 6.45) is 8.27. The number of hydrogen-bond donors (Lipinski definition) is 1. The van der Waals surface area contributed by atoms with Gasteiger partial charge in [-0.3, -0.25) is 4.98 Å². The van der Waals surface area contributed by atoms with Crippen LogP contribution in [0.15, 0.2) is 73.2 Å². The van der Waals surface area contributed by atoms with E-state index in [-0.39, 0.29) is 0 Å². The molecule has 0 bridgehead atoms. The molecule has 0 aliphatic carbocycles. The molecule has 9 nitrogen and oxygen atoms in total. The molecule has 0 atom stereocenters. The summed E-state index contributed by atoms with van der Waals surface area (Å²) < 4.78 is 13.1. The van der Waals surface area contributed by atoms with Crippen molar-refractivity contribution in [2.45, 2.75) is 39.0 Å². The van der Waals surface area contributed by atoms with E-state index < -0.39 is 6.29 Å². The third kappa shape index (κ3) is 5.39. The highest BCUT2D eigenvalue weighted by Crippen LogP contribution is 2.37. The third-order valence-electron chi connectivity index (χ3n) is 6.51. The fourth-order valence-corrected chi connectivity index (χ4v) is 4.67. The lowest BCUT2D eigenvalue weighted by Gasteiger charge is -2.15. The lowest BCUT2D eigenvalue weighted by Crippen LogP contribution is -2.05. The van der Waals surface area contributed by atoms with Gasteiger partial charge in [0, 0.05) is 56.9 Å². The first-order chi connectivity index (χ1) is 18.7. The Hall–Kier alpha value is -4.21. The van der Waals surface area contributed by atoms with Gasteiger partial charge in [0.2, 0.25) is 12.1 Å². The van der Waals surface area contributed by atoms with E-state index in [1.807, 2.05) is 36.7 Å². The van der Waals surface area contributed by atoms with Crippen LogP contribution < -0.4 is 0 Å². The Morgan fingerprint density at radius 2 is 1.76 bits per heavy atom. The predicted octanol–water partition coefficient (Wildman–Crippen LogP) is 5.47. The minimum Gasteiger partial charge on any atom is -0.350 e. The summed E-state index contributed by atoms with van der Waals surface area (Å²) >= 11 is 0. The van der Waals surface area contributed by atoms with E-state index in [9.17, 15) is 0 Å². The van der Waals surface area contributed by atoms with Crippen molar-refractivity contribution in [3.8, 4) is 33.6 Å². The number of ether oxygens (including phenoxy) is 2. The fourth-order valence-electron chi connectivity index (χ4n) is 4.67. The molecule has 2 aromatic carbocycles. The summed E-state index contributed by atoms with van der Waals surface area (Å²) in [5, 5.41) is 14.8. The number of benzene rings is 2. The van der Waals surface area contributed by atoms with E-state index in [2.05, 4.69) is 67.4 Å². The van der Waals surface area contributed by atoms with Crippen LogP contribution in [0.2, 0.25) is 0 Å². The minimum atomic E-state index is -0.494. The van der Waals surface area contributed by atoms with Crippen LogP contribution in [-0.2, 0) is 22.4 Å². The number of imidazole rings is 1. The summed E-state index contributed by atoms with van der Waals surface area (Å²) in [5.41, 5.74) is 7.04. The lowest BCUT2D eigenvalue weighted by atomic mass is 9.90. The molecule has 3 aromatic heterocycles. The molecule has 9 heteroatoms. The number of unbranched alkanes of at least 4 members (excludes halogenated alkanes) is 1. The average Bonchev–Trinajstić information content (AvgIpc) is 3.64. The molecule has 0 saturated carbocycles. The van der Waals surface area contributed by atoms with E-state index in [0.717, 1.165) is 64.2 Å². The van der Waals surface area contributed by atoms with Gasteiger partial charge < -0.3 is 14.0 Å². The average molecular weight is 510 g/mol. The standard InChI is InChI=1S/C29H31N7O2/c1-4-5-12-27-31-26(29(37-2)38-3)19-36(27)18-20-13-14-23(25(16-20)21-9-8-15-30-17-21)22-10-6-7-11-24(22)28-32-34-35-33-28/h6-11,13-17,19,29H,4-5,12,18H2,1-3H3,(H,32,33,34,35). The smallest absolute Gasteiger partial charge is 0.205 e. The molecule has 0 saturated heterocycles. The highest BCUT2D eigenvalue weighted by molar-refractivity contribution is 5.90. The Morgan fingerprint density at radius 3 is 2.47 bits per heavy atom. The van der Waals surface area contributed by atoms with Crippen molar-refractivity contribution in [2.24, 2.45) is 0 Å². The number of aryl methyl sites for hydroxylation is 1. The van der Waals surface area contributed by atoms with E-state index >= 15 is 0 Å². The zero-order valence-corrected chi connectivity index (χ0v) is 21.8. The molecule has 0 spiro atoms. The molecular formula is C29H31N7O2. The number of H-pyrrole nitrogens is 1. The quantitative estimate of drug-likeness (QED) is 0.235. The Kier molecular flexibility index (Phi) is 7.96. The number of rotatable bonds is 11. The first kappa shape index (κ1) is 25.4. The Labute approximate surface area is 221 Å². The number of nitrogens with one attached hydrogen (secondary N) is 1. The molecule has 5 aromatic rings. The largest absolute Gasteiger partial charge is 0.350 e. The predicted molar refractivity (Wildman–Crippen MR) is 145 cm³/mol. The lowest BCUT2D eigenvalue weighted by molar-refractivity contribution is -0.108. The van der Waals surface area contributed by atoms with Crippen LogP contribution in [0.3, 0.4) is 0 Å². The molecule has 0 amide bonds. The van der Waals surface area contributed by atoms with Gasteiger partial charge in [0.05, 0.1) is 0 Å². The van der Waals surface area contributed by atoms with E-state index in [4.69, 9.17) is 14.5 Å². The number of methoxy groups -OCH3 is 2. The minimum absolute atomic E-state index is 0.494. The van der Waals surface area contributed by atoms with Crippen LogP contribution >= 0.6 is 0 Å². The summed E-state index contributed by atoms with van der Waals surface area (Å²) in [4.78, 5) is 9.24. The van der Waals surface area contributed by atoms with E-state index in [1.54, 1.807) is 20.4 Å². The molecule has 1 N–H and O–H groups in total. The molecule has 3 heterocycles. The number of nitrogens with zero attached hydrogens (tertiary/aromatic N) is 6. The van der Waals surface area contributed by atoms with Gasteiger partial charge in [-0.1, -0.05) is 55.8 Å². The number of pyridine rings is 1. The zero-order valence-electron chi connectivity index (χ0n) is 21.8.